The molecule has 27 heavy (non-hydrogen) atoms. The molecular formula is C20H22FN3O3. The van der Waals surface area contributed by atoms with Crippen LogP contribution in [-0.4, -0.2) is 50.0 Å². The van der Waals surface area contributed by atoms with Crippen LogP contribution in [-0.2, 0) is 16.1 Å². The maximum absolute atomic E-state index is 12.9. The van der Waals surface area contributed by atoms with Crippen LogP contribution >= 0.6 is 0 Å². The molecule has 1 fully saturated rings. The van der Waals surface area contributed by atoms with Gasteiger partial charge in [0.2, 0.25) is 0 Å². The zero-order valence-corrected chi connectivity index (χ0v) is 15.2. The molecule has 6 nitrogen and oxygen atoms in total. The quantitative estimate of drug-likeness (QED) is 0.833. The monoisotopic (exact) mass is 371 g/mol. The Balaban J connectivity index is 1.48. The Labute approximate surface area is 157 Å². The van der Waals surface area contributed by atoms with Crippen molar-refractivity contribution in [3.8, 4) is 5.75 Å². The number of hydrogen-bond acceptors (Lipinski definition) is 4. The van der Waals surface area contributed by atoms with Gasteiger partial charge >= 0.3 is 11.8 Å². The number of benzene rings is 2. The number of rotatable bonds is 4. The SMILES string of the molecule is COc1ccc(N2CCN(C(=O)C(=O)NCc3ccc(F)cc3)CC2)cc1. The van der Waals surface area contributed by atoms with Gasteiger partial charge in [0, 0.05) is 38.4 Å². The molecule has 1 aliphatic rings. The topological polar surface area (TPSA) is 61.9 Å². The van der Waals surface area contributed by atoms with Crippen LogP contribution in [0.3, 0.4) is 0 Å². The summed E-state index contributed by atoms with van der Waals surface area (Å²) in [4.78, 5) is 28.1. The largest absolute Gasteiger partial charge is 0.497 e. The van der Waals surface area contributed by atoms with Crippen LogP contribution in [0.5, 0.6) is 5.75 Å². The lowest BCUT2D eigenvalue weighted by Gasteiger charge is -2.35. The molecule has 0 atom stereocenters. The highest BCUT2D eigenvalue weighted by Gasteiger charge is 2.25. The number of methoxy groups -OCH3 is 1. The van der Waals surface area contributed by atoms with Crippen LogP contribution in [0.4, 0.5) is 10.1 Å². The molecule has 2 amide bonds. The molecule has 0 spiro atoms. The summed E-state index contributed by atoms with van der Waals surface area (Å²) in [6.07, 6.45) is 0. The molecule has 0 unspecified atom stereocenters. The van der Waals surface area contributed by atoms with E-state index in [9.17, 15) is 14.0 Å². The summed E-state index contributed by atoms with van der Waals surface area (Å²) >= 11 is 0. The van der Waals surface area contributed by atoms with Gasteiger partial charge in [-0.1, -0.05) is 12.1 Å². The van der Waals surface area contributed by atoms with Gasteiger partial charge in [-0.2, -0.15) is 0 Å². The van der Waals surface area contributed by atoms with Crippen LogP contribution in [0.15, 0.2) is 48.5 Å². The fourth-order valence-electron chi connectivity index (χ4n) is 2.96. The minimum Gasteiger partial charge on any atom is -0.497 e. The Hall–Kier alpha value is -3.09. The van der Waals surface area contributed by atoms with E-state index < -0.39 is 11.8 Å². The molecule has 1 heterocycles. The van der Waals surface area contributed by atoms with Crippen molar-refractivity contribution in [3.05, 3.63) is 59.9 Å². The maximum atomic E-state index is 12.9. The second-order valence-corrected chi connectivity index (χ2v) is 6.29. The summed E-state index contributed by atoms with van der Waals surface area (Å²) < 4.78 is 18.0. The highest BCUT2D eigenvalue weighted by Crippen LogP contribution is 2.20. The van der Waals surface area contributed by atoms with Crippen molar-refractivity contribution < 1.29 is 18.7 Å². The van der Waals surface area contributed by atoms with E-state index in [0.717, 1.165) is 17.0 Å². The van der Waals surface area contributed by atoms with Gasteiger partial charge in [-0.05, 0) is 42.0 Å². The number of ether oxygens (including phenoxy) is 1. The molecule has 0 aliphatic carbocycles. The highest BCUT2D eigenvalue weighted by atomic mass is 19.1. The van der Waals surface area contributed by atoms with Crippen LogP contribution in [0, 0.1) is 5.82 Å². The molecule has 142 valence electrons. The predicted octanol–water partition coefficient (Wildman–Crippen LogP) is 1.80. The van der Waals surface area contributed by atoms with Crippen molar-refractivity contribution >= 4 is 17.5 Å². The first kappa shape index (κ1) is 18.7. The Morgan fingerprint density at radius 2 is 1.63 bits per heavy atom. The second kappa shape index (κ2) is 8.53. The lowest BCUT2D eigenvalue weighted by molar-refractivity contribution is -0.146. The molecule has 0 saturated carbocycles. The van der Waals surface area contributed by atoms with Gasteiger partial charge in [-0.15, -0.1) is 0 Å². The van der Waals surface area contributed by atoms with Gasteiger partial charge in [-0.25, -0.2) is 4.39 Å². The molecule has 2 aromatic rings. The summed E-state index contributed by atoms with van der Waals surface area (Å²) in [6.45, 7) is 2.47. The van der Waals surface area contributed by atoms with Crippen molar-refractivity contribution in [2.45, 2.75) is 6.54 Å². The van der Waals surface area contributed by atoms with Crippen LogP contribution in [0.25, 0.3) is 0 Å². The van der Waals surface area contributed by atoms with E-state index in [-0.39, 0.29) is 12.4 Å². The van der Waals surface area contributed by atoms with E-state index >= 15 is 0 Å². The zero-order valence-electron chi connectivity index (χ0n) is 15.2. The second-order valence-electron chi connectivity index (χ2n) is 6.29. The molecule has 1 saturated heterocycles. The smallest absolute Gasteiger partial charge is 0.312 e. The first-order valence-electron chi connectivity index (χ1n) is 8.77. The molecule has 0 bridgehead atoms. The van der Waals surface area contributed by atoms with E-state index in [4.69, 9.17) is 4.74 Å². The molecule has 1 aliphatic heterocycles. The number of amides is 2. The van der Waals surface area contributed by atoms with Crippen molar-refractivity contribution in [3.63, 3.8) is 0 Å². The van der Waals surface area contributed by atoms with Gasteiger partial charge in [0.15, 0.2) is 0 Å². The molecule has 2 aromatic carbocycles. The molecule has 1 N–H and O–H groups in total. The first-order chi connectivity index (χ1) is 13.1. The van der Waals surface area contributed by atoms with Crippen LogP contribution < -0.4 is 15.0 Å². The fourth-order valence-corrected chi connectivity index (χ4v) is 2.96. The Morgan fingerprint density at radius 3 is 2.22 bits per heavy atom. The predicted molar refractivity (Wildman–Crippen MR) is 100 cm³/mol. The average Bonchev–Trinajstić information content (AvgIpc) is 2.73. The normalized spacial score (nSPS) is 14.0. The number of anilines is 1. The number of hydrogen-bond donors (Lipinski definition) is 1. The average molecular weight is 371 g/mol. The van der Waals surface area contributed by atoms with Gasteiger partial charge < -0.3 is 19.9 Å². The zero-order chi connectivity index (χ0) is 19.2. The lowest BCUT2D eigenvalue weighted by atomic mass is 10.2. The minimum absolute atomic E-state index is 0.191. The summed E-state index contributed by atoms with van der Waals surface area (Å²) in [5, 5.41) is 2.59. The highest BCUT2D eigenvalue weighted by molar-refractivity contribution is 6.35. The van der Waals surface area contributed by atoms with E-state index in [1.54, 1.807) is 24.1 Å². The fraction of sp³-hybridized carbons (Fsp3) is 0.300. The summed E-state index contributed by atoms with van der Waals surface area (Å²) in [5.41, 5.74) is 1.80. The lowest BCUT2D eigenvalue weighted by Crippen LogP contribution is -2.52. The van der Waals surface area contributed by atoms with Crippen molar-refractivity contribution in [2.24, 2.45) is 0 Å². The number of piperazine rings is 1. The van der Waals surface area contributed by atoms with Crippen molar-refractivity contribution in [1.82, 2.24) is 10.2 Å². The Bertz CT molecular complexity index is 785. The Morgan fingerprint density at radius 1 is 1.00 bits per heavy atom. The van der Waals surface area contributed by atoms with E-state index in [1.807, 2.05) is 24.3 Å². The van der Waals surface area contributed by atoms with Gasteiger partial charge in [0.05, 0.1) is 7.11 Å². The third kappa shape index (κ3) is 4.75. The molecule has 7 heteroatoms. The number of carbonyl (C=O) groups excluding carboxylic acids is 2. The number of halogens is 1. The molecule has 3 rings (SSSR count). The molecular weight excluding hydrogens is 349 g/mol. The van der Waals surface area contributed by atoms with Gasteiger partial charge in [0.1, 0.15) is 11.6 Å². The van der Waals surface area contributed by atoms with Crippen molar-refractivity contribution in [2.75, 3.05) is 38.2 Å². The van der Waals surface area contributed by atoms with E-state index in [1.165, 1.54) is 12.1 Å². The van der Waals surface area contributed by atoms with E-state index in [0.29, 0.717) is 26.2 Å². The summed E-state index contributed by atoms with van der Waals surface area (Å²) in [6, 6.07) is 13.5. The van der Waals surface area contributed by atoms with Crippen LogP contribution in [0.2, 0.25) is 0 Å². The number of carbonyl (C=O) groups is 2. The van der Waals surface area contributed by atoms with Crippen molar-refractivity contribution in [1.29, 1.82) is 0 Å². The number of nitrogens with zero attached hydrogens (tertiary/aromatic N) is 2. The standard InChI is InChI=1S/C20H22FN3O3/c1-27-18-8-6-17(7-9-18)23-10-12-24(13-11-23)20(26)19(25)22-14-15-2-4-16(21)5-3-15/h2-9H,10-14H2,1H3,(H,22,25). The minimum atomic E-state index is -0.641. The Kier molecular flexibility index (Phi) is 5.90. The van der Waals surface area contributed by atoms with Crippen LogP contribution in [0.1, 0.15) is 5.56 Å². The van der Waals surface area contributed by atoms with Gasteiger partial charge in [-0.3, -0.25) is 9.59 Å². The molecule has 0 aromatic heterocycles. The van der Waals surface area contributed by atoms with E-state index in [2.05, 4.69) is 10.2 Å². The summed E-state index contributed by atoms with van der Waals surface area (Å²) in [5.74, 6) is -0.718. The third-order valence-electron chi connectivity index (χ3n) is 4.57. The molecule has 0 radical (unpaired) electrons. The van der Waals surface area contributed by atoms with Gasteiger partial charge in [0.25, 0.3) is 0 Å². The number of nitrogens with one attached hydrogen (secondary N) is 1. The third-order valence-corrected chi connectivity index (χ3v) is 4.57. The first-order valence-corrected chi connectivity index (χ1v) is 8.77. The maximum Gasteiger partial charge on any atom is 0.312 e. The summed E-state index contributed by atoms with van der Waals surface area (Å²) in [7, 11) is 1.63.